The largest absolute Gasteiger partial charge is 0.398 e. The van der Waals surface area contributed by atoms with E-state index >= 15 is 0 Å². The van der Waals surface area contributed by atoms with Crippen LogP contribution in [0.5, 0.6) is 0 Å². The summed E-state index contributed by atoms with van der Waals surface area (Å²) in [5.41, 5.74) is 6.04. The Morgan fingerprint density at radius 2 is 2.05 bits per heavy atom. The third-order valence-electron chi connectivity index (χ3n) is 2.80. The van der Waals surface area contributed by atoms with Crippen molar-refractivity contribution in [1.29, 1.82) is 0 Å². The number of halogens is 2. The van der Waals surface area contributed by atoms with Crippen LogP contribution in [0.1, 0.15) is 6.92 Å². The lowest BCUT2D eigenvalue weighted by atomic mass is 10.1. The third kappa shape index (κ3) is 2.90. The second-order valence-corrected chi connectivity index (χ2v) is 4.60. The number of nitrogens with two attached hydrogens (primary N) is 1. The SMILES string of the molecule is COCC(C)Cn1nnnc1-c1cc(F)c(F)cc1N. The maximum absolute atomic E-state index is 13.3. The quantitative estimate of drug-likeness (QED) is 0.841. The molecule has 108 valence electrons. The molecule has 0 aliphatic carbocycles. The third-order valence-corrected chi connectivity index (χ3v) is 2.80. The number of rotatable bonds is 5. The molecule has 2 N–H and O–H groups in total. The van der Waals surface area contributed by atoms with Gasteiger partial charge in [0, 0.05) is 31.0 Å². The molecule has 0 saturated heterocycles. The van der Waals surface area contributed by atoms with E-state index in [0.29, 0.717) is 19.0 Å². The Balaban J connectivity index is 2.35. The molecule has 0 aliphatic rings. The number of aromatic nitrogens is 4. The molecule has 1 atom stereocenters. The number of hydrogen-bond donors (Lipinski definition) is 1. The Kier molecular flexibility index (Phi) is 4.23. The van der Waals surface area contributed by atoms with E-state index < -0.39 is 11.6 Å². The number of benzene rings is 1. The van der Waals surface area contributed by atoms with E-state index in [1.165, 1.54) is 4.68 Å². The average molecular weight is 283 g/mol. The summed E-state index contributed by atoms with van der Waals surface area (Å²) in [6, 6.07) is 1.91. The summed E-state index contributed by atoms with van der Waals surface area (Å²) >= 11 is 0. The van der Waals surface area contributed by atoms with Gasteiger partial charge in [-0.2, -0.15) is 0 Å². The number of anilines is 1. The molecule has 0 saturated carbocycles. The van der Waals surface area contributed by atoms with Crippen molar-refractivity contribution in [1.82, 2.24) is 20.2 Å². The molecule has 0 spiro atoms. The zero-order chi connectivity index (χ0) is 14.7. The van der Waals surface area contributed by atoms with Crippen LogP contribution in [0.4, 0.5) is 14.5 Å². The average Bonchev–Trinajstić information content (AvgIpc) is 2.82. The van der Waals surface area contributed by atoms with Crippen molar-refractivity contribution in [3.8, 4) is 11.4 Å². The predicted octanol–water partition coefficient (Wildman–Crippen LogP) is 1.48. The lowest BCUT2D eigenvalue weighted by molar-refractivity contribution is 0.149. The first kappa shape index (κ1) is 14.3. The normalized spacial score (nSPS) is 12.6. The van der Waals surface area contributed by atoms with Crippen molar-refractivity contribution in [2.45, 2.75) is 13.5 Å². The molecule has 1 aromatic carbocycles. The zero-order valence-electron chi connectivity index (χ0n) is 11.2. The van der Waals surface area contributed by atoms with Crippen LogP contribution in [0.3, 0.4) is 0 Å². The van der Waals surface area contributed by atoms with Gasteiger partial charge in [-0.15, -0.1) is 5.10 Å². The van der Waals surface area contributed by atoms with Gasteiger partial charge in [-0.05, 0) is 22.4 Å². The smallest absolute Gasteiger partial charge is 0.184 e. The van der Waals surface area contributed by atoms with Crippen molar-refractivity contribution in [2.24, 2.45) is 5.92 Å². The van der Waals surface area contributed by atoms with Crippen molar-refractivity contribution in [3.63, 3.8) is 0 Å². The molecule has 20 heavy (non-hydrogen) atoms. The Bertz CT molecular complexity index is 602. The van der Waals surface area contributed by atoms with E-state index in [0.717, 1.165) is 12.1 Å². The van der Waals surface area contributed by atoms with Crippen molar-refractivity contribution in [3.05, 3.63) is 23.8 Å². The second-order valence-electron chi connectivity index (χ2n) is 4.60. The summed E-state index contributed by atoms with van der Waals surface area (Å²) < 4.78 is 33.0. The van der Waals surface area contributed by atoms with Crippen molar-refractivity contribution in [2.75, 3.05) is 19.5 Å². The molecule has 1 aromatic heterocycles. The summed E-state index contributed by atoms with van der Waals surface area (Å²) in [5.74, 6) is -1.54. The summed E-state index contributed by atoms with van der Waals surface area (Å²) in [6.45, 7) is 2.98. The maximum atomic E-state index is 13.3. The summed E-state index contributed by atoms with van der Waals surface area (Å²) in [7, 11) is 1.60. The first-order valence-electron chi connectivity index (χ1n) is 6.03. The summed E-state index contributed by atoms with van der Waals surface area (Å²) in [4.78, 5) is 0. The number of nitrogen functional groups attached to an aromatic ring is 1. The highest BCUT2D eigenvalue weighted by atomic mass is 19.2. The van der Waals surface area contributed by atoms with Gasteiger partial charge in [0.25, 0.3) is 0 Å². The summed E-state index contributed by atoms with van der Waals surface area (Å²) in [5, 5.41) is 11.2. The van der Waals surface area contributed by atoms with E-state index in [1.54, 1.807) is 7.11 Å². The van der Waals surface area contributed by atoms with E-state index in [-0.39, 0.29) is 17.2 Å². The first-order chi connectivity index (χ1) is 9.52. The molecular weight excluding hydrogens is 268 g/mol. The molecule has 0 amide bonds. The van der Waals surface area contributed by atoms with Gasteiger partial charge in [0.1, 0.15) is 0 Å². The summed E-state index contributed by atoms with van der Waals surface area (Å²) in [6.07, 6.45) is 0. The Morgan fingerprint density at radius 3 is 2.75 bits per heavy atom. The van der Waals surface area contributed by atoms with Crippen LogP contribution in [0.2, 0.25) is 0 Å². The molecule has 1 heterocycles. The Hall–Kier alpha value is -2.09. The van der Waals surface area contributed by atoms with Gasteiger partial charge in [-0.1, -0.05) is 6.92 Å². The van der Waals surface area contributed by atoms with Gasteiger partial charge < -0.3 is 10.5 Å². The van der Waals surface area contributed by atoms with E-state index in [1.807, 2.05) is 6.92 Å². The Labute approximate surface area is 114 Å². The molecule has 0 radical (unpaired) electrons. The minimum atomic E-state index is -1.00. The highest BCUT2D eigenvalue weighted by Crippen LogP contribution is 2.26. The number of ether oxygens (including phenoxy) is 1. The monoisotopic (exact) mass is 283 g/mol. The molecule has 2 rings (SSSR count). The molecular formula is C12H15F2N5O. The standard InChI is InChI=1S/C12H15F2N5O/c1-7(6-20-2)5-19-12(16-17-18-19)8-3-9(13)10(14)4-11(8)15/h3-4,7H,5-6,15H2,1-2H3. The number of nitrogens with zero attached hydrogens (tertiary/aromatic N) is 4. The van der Waals surface area contributed by atoms with Gasteiger partial charge in [0.15, 0.2) is 17.5 Å². The number of tetrazole rings is 1. The highest BCUT2D eigenvalue weighted by Gasteiger charge is 2.17. The van der Waals surface area contributed by atoms with Gasteiger partial charge in [-0.3, -0.25) is 0 Å². The number of methoxy groups -OCH3 is 1. The van der Waals surface area contributed by atoms with Crippen LogP contribution in [0, 0.1) is 17.6 Å². The molecule has 0 bridgehead atoms. The molecule has 6 nitrogen and oxygen atoms in total. The topological polar surface area (TPSA) is 78.8 Å². The second kappa shape index (κ2) is 5.91. The van der Waals surface area contributed by atoms with Gasteiger partial charge in [0.05, 0.1) is 6.61 Å². The van der Waals surface area contributed by atoms with E-state index in [2.05, 4.69) is 15.5 Å². The first-order valence-corrected chi connectivity index (χ1v) is 6.03. The van der Waals surface area contributed by atoms with Crippen molar-refractivity contribution >= 4 is 5.69 Å². The lowest BCUT2D eigenvalue weighted by Gasteiger charge is -2.12. The highest BCUT2D eigenvalue weighted by molar-refractivity contribution is 5.71. The minimum Gasteiger partial charge on any atom is -0.398 e. The zero-order valence-corrected chi connectivity index (χ0v) is 11.2. The fourth-order valence-electron chi connectivity index (χ4n) is 1.91. The van der Waals surface area contributed by atoms with Crippen LogP contribution in [-0.4, -0.2) is 33.9 Å². The van der Waals surface area contributed by atoms with Gasteiger partial charge in [-0.25, -0.2) is 13.5 Å². The molecule has 8 heteroatoms. The van der Waals surface area contributed by atoms with Crippen LogP contribution in [-0.2, 0) is 11.3 Å². The van der Waals surface area contributed by atoms with E-state index in [4.69, 9.17) is 10.5 Å². The molecule has 0 fully saturated rings. The van der Waals surface area contributed by atoms with Crippen LogP contribution < -0.4 is 5.73 Å². The lowest BCUT2D eigenvalue weighted by Crippen LogP contribution is -2.15. The maximum Gasteiger partial charge on any atom is 0.184 e. The Morgan fingerprint density at radius 1 is 1.35 bits per heavy atom. The van der Waals surface area contributed by atoms with Crippen molar-refractivity contribution < 1.29 is 13.5 Å². The van der Waals surface area contributed by atoms with Crippen LogP contribution >= 0.6 is 0 Å². The number of hydrogen-bond acceptors (Lipinski definition) is 5. The minimum absolute atomic E-state index is 0.0827. The fraction of sp³-hybridized carbons (Fsp3) is 0.417. The van der Waals surface area contributed by atoms with Crippen LogP contribution in [0.15, 0.2) is 12.1 Å². The molecule has 2 aromatic rings. The van der Waals surface area contributed by atoms with Gasteiger partial charge in [0.2, 0.25) is 0 Å². The molecule has 1 unspecified atom stereocenters. The molecule has 0 aliphatic heterocycles. The fourth-order valence-corrected chi connectivity index (χ4v) is 1.91. The predicted molar refractivity (Wildman–Crippen MR) is 68.6 cm³/mol. The van der Waals surface area contributed by atoms with E-state index in [9.17, 15) is 8.78 Å². The van der Waals surface area contributed by atoms with Gasteiger partial charge >= 0.3 is 0 Å². The van der Waals surface area contributed by atoms with Crippen LogP contribution in [0.25, 0.3) is 11.4 Å².